The molecule has 0 bridgehead atoms. The molecule has 0 aliphatic heterocycles. The van der Waals surface area contributed by atoms with Crippen LogP contribution in [0.5, 0.6) is 0 Å². The monoisotopic (exact) mass is 387 g/mol. The number of hydrogen-bond donors (Lipinski definition) is 1. The van der Waals surface area contributed by atoms with Crippen molar-refractivity contribution in [2.24, 2.45) is 0 Å². The quantitative estimate of drug-likeness (QED) is 0.676. The lowest BCUT2D eigenvalue weighted by molar-refractivity contribution is -0.121. The summed E-state index contributed by atoms with van der Waals surface area (Å²) in [5.41, 5.74) is 0.836. The van der Waals surface area contributed by atoms with Gasteiger partial charge < -0.3 is 5.32 Å². The summed E-state index contributed by atoms with van der Waals surface area (Å²) in [7, 11) is 0. The van der Waals surface area contributed by atoms with E-state index in [2.05, 4.69) is 22.4 Å². The minimum absolute atomic E-state index is 0.00104. The molecule has 1 aliphatic carbocycles. The van der Waals surface area contributed by atoms with Gasteiger partial charge in [-0.25, -0.2) is 0 Å². The van der Waals surface area contributed by atoms with Crippen LogP contribution in [0.4, 0.5) is 0 Å². The third-order valence-corrected chi connectivity index (χ3v) is 6.20. The molecule has 1 aliphatic rings. The molecule has 1 saturated carbocycles. The number of fused-ring (bicyclic) bond motifs is 3. The van der Waals surface area contributed by atoms with E-state index in [0.29, 0.717) is 31.2 Å². The first-order chi connectivity index (χ1) is 13.2. The lowest BCUT2D eigenvalue weighted by Crippen LogP contribution is -2.32. The van der Waals surface area contributed by atoms with Crippen molar-refractivity contribution in [3.8, 4) is 0 Å². The zero-order valence-corrected chi connectivity index (χ0v) is 16.4. The number of carbonyl (C=O) groups is 1. The number of aromatic nitrogens is 4. The van der Waals surface area contributed by atoms with E-state index in [0.717, 1.165) is 41.7 Å². The van der Waals surface area contributed by atoms with Crippen LogP contribution in [0.25, 0.3) is 16.0 Å². The number of carbonyl (C=O) groups excluding carboxylic acids is 1. The summed E-state index contributed by atoms with van der Waals surface area (Å²) in [4.78, 5) is 25.1. The van der Waals surface area contributed by atoms with Gasteiger partial charge in [0.05, 0.1) is 5.52 Å². The van der Waals surface area contributed by atoms with Crippen LogP contribution < -0.4 is 10.9 Å². The Hall–Kier alpha value is -2.22. The lowest BCUT2D eigenvalue weighted by Gasteiger charge is -2.11. The highest BCUT2D eigenvalue weighted by molar-refractivity contribution is 7.17. The molecule has 0 unspecified atom stereocenters. The largest absolute Gasteiger partial charge is 0.353 e. The topological polar surface area (TPSA) is 81.3 Å². The van der Waals surface area contributed by atoms with Gasteiger partial charge in [-0.2, -0.15) is 0 Å². The van der Waals surface area contributed by atoms with Crippen LogP contribution >= 0.6 is 11.3 Å². The average Bonchev–Trinajstić information content (AvgIpc) is 3.40. The van der Waals surface area contributed by atoms with Gasteiger partial charge in [0.2, 0.25) is 11.7 Å². The summed E-state index contributed by atoms with van der Waals surface area (Å²) >= 11 is 1.45. The predicted octanol–water partition coefficient (Wildman–Crippen LogP) is 2.90. The minimum atomic E-state index is -0.00104. The number of nitrogens with zero attached hydrogens (tertiary/aromatic N) is 4. The number of rotatable bonds is 7. The maximum absolute atomic E-state index is 12.8. The van der Waals surface area contributed by atoms with Crippen molar-refractivity contribution in [2.45, 2.75) is 70.9 Å². The molecule has 0 atom stereocenters. The number of amides is 1. The van der Waals surface area contributed by atoms with Crippen molar-refractivity contribution < 1.29 is 4.79 Å². The third-order valence-electron chi connectivity index (χ3n) is 5.31. The summed E-state index contributed by atoms with van der Waals surface area (Å²) in [6.07, 6.45) is 7.38. The zero-order chi connectivity index (χ0) is 18.8. The van der Waals surface area contributed by atoms with E-state index in [4.69, 9.17) is 0 Å². The van der Waals surface area contributed by atoms with Gasteiger partial charge in [-0.1, -0.05) is 26.2 Å². The smallest absolute Gasteiger partial charge is 0.272 e. The Morgan fingerprint density at radius 2 is 2.15 bits per heavy atom. The molecule has 1 amide bonds. The van der Waals surface area contributed by atoms with Gasteiger partial charge in [-0.15, -0.1) is 21.5 Å². The maximum atomic E-state index is 12.8. The Bertz CT molecular complexity index is 1010. The Labute approximate surface area is 161 Å². The molecule has 3 aromatic heterocycles. The standard InChI is InChI=1S/C19H25N5O2S/c1-2-3-11-23-18(26)17-14(10-12-27-17)24-15(21-22-19(23)24)8-9-16(25)20-13-6-4-5-7-13/h10,12-13H,2-9,11H2,1H3,(H,20,25). The van der Waals surface area contributed by atoms with Crippen molar-refractivity contribution >= 4 is 33.2 Å². The second-order valence-corrected chi connectivity index (χ2v) is 8.16. The van der Waals surface area contributed by atoms with Gasteiger partial charge in [0.15, 0.2) is 0 Å². The first-order valence-electron chi connectivity index (χ1n) is 9.82. The van der Waals surface area contributed by atoms with Crippen LogP contribution in [-0.2, 0) is 17.8 Å². The molecule has 4 rings (SSSR count). The number of nitrogens with one attached hydrogen (secondary N) is 1. The number of aryl methyl sites for hydroxylation is 2. The highest BCUT2D eigenvalue weighted by Crippen LogP contribution is 2.21. The van der Waals surface area contributed by atoms with E-state index in [1.165, 1.54) is 24.2 Å². The number of hydrogen-bond acceptors (Lipinski definition) is 5. The molecule has 3 aromatic rings. The fourth-order valence-corrected chi connectivity index (χ4v) is 4.68. The van der Waals surface area contributed by atoms with Gasteiger partial charge in [0.25, 0.3) is 5.56 Å². The SMILES string of the molecule is CCCCn1c(=O)c2sccc2n2c(CCC(=O)NC3CCCC3)nnc12. The van der Waals surface area contributed by atoms with Crippen molar-refractivity contribution in [1.82, 2.24) is 24.5 Å². The Kier molecular flexibility index (Phi) is 5.24. The average molecular weight is 388 g/mol. The van der Waals surface area contributed by atoms with Gasteiger partial charge in [0, 0.05) is 25.4 Å². The molecule has 0 aromatic carbocycles. The maximum Gasteiger partial charge on any atom is 0.272 e. The molecule has 8 heteroatoms. The summed E-state index contributed by atoms with van der Waals surface area (Å²) in [5, 5.41) is 13.7. The Morgan fingerprint density at radius 1 is 1.33 bits per heavy atom. The highest BCUT2D eigenvalue weighted by Gasteiger charge is 2.20. The van der Waals surface area contributed by atoms with Crippen LogP contribution in [0.15, 0.2) is 16.2 Å². The number of unbranched alkanes of at least 4 members (excludes halogenated alkanes) is 1. The van der Waals surface area contributed by atoms with Crippen LogP contribution in [-0.4, -0.2) is 31.1 Å². The minimum Gasteiger partial charge on any atom is -0.353 e. The fourth-order valence-electron chi connectivity index (χ4n) is 3.86. The molecule has 0 saturated heterocycles. The summed E-state index contributed by atoms with van der Waals surface area (Å²) < 4.78 is 4.39. The fraction of sp³-hybridized carbons (Fsp3) is 0.579. The summed E-state index contributed by atoms with van der Waals surface area (Å²) in [6.45, 7) is 2.73. The van der Waals surface area contributed by atoms with E-state index in [-0.39, 0.29) is 11.5 Å². The van der Waals surface area contributed by atoms with Crippen LogP contribution in [0, 0.1) is 0 Å². The summed E-state index contributed by atoms with van der Waals surface area (Å²) in [5.74, 6) is 1.38. The van der Waals surface area contributed by atoms with Crippen LogP contribution in [0.1, 0.15) is 57.7 Å². The van der Waals surface area contributed by atoms with Crippen LogP contribution in [0.2, 0.25) is 0 Å². The second-order valence-electron chi connectivity index (χ2n) is 7.25. The van der Waals surface area contributed by atoms with Gasteiger partial charge in [-0.3, -0.25) is 18.6 Å². The number of thiophene rings is 1. The third kappa shape index (κ3) is 3.50. The molecule has 144 valence electrons. The van der Waals surface area contributed by atoms with Crippen molar-refractivity contribution in [2.75, 3.05) is 0 Å². The van der Waals surface area contributed by atoms with Gasteiger partial charge in [-0.05, 0) is 30.7 Å². The first kappa shape index (κ1) is 18.2. The van der Waals surface area contributed by atoms with E-state index >= 15 is 0 Å². The highest BCUT2D eigenvalue weighted by atomic mass is 32.1. The van der Waals surface area contributed by atoms with Crippen LogP contribution in [0.3, 0.4) is 0 Å². The normalized spacial score (nSPS) is 15.1. The Morgan fingerprint density at radius 3 is 2.93 bits per heavy atom. The summed E-state index contributed by atoms with van der Waals surface area (Å²) in [6, 6.07) is 2.26. The lowest BCUT2D eigenvalue weighted by atomic mass is 10.2. The molecule has 0 radical (unpaired) electrons. The molecule has 3 heterocycles. The molecular weight excluding hydrogens is 362 g/mol. The van der Waals surface area contributed by atoms with Gasteiger partial charge in [0.1, 0.15) is 10.5 Å². The van der Waals surface area contributed by atoms with Crippen molar-refractivity contribution in [1.29, 1.82) is 0 Å². The molecule has 1 fully saturated rings. The molecule has 27 heavy (non-hydrogen) atoms. The predicted molar refractivity (Wildman–Crippen MR) is 106 cm³/mol. The van der Waals surface area contributed by atoms with Crippen molar-refractivity contribution in [3.05, 3.63) is 27.6 Å². The van der Waals surface area contributed by atoms with E-state index in [9.17, 15) is 9.59 Å². The van der Waals surface area contributed by atoms with E-state index in [1.54, 1.807) is 4.57 Å². The molecular formula is C19H25N5O2S. The Balaban J connectivity index is 1.62. The van der Waals surface area contributed by atoms with Crippen molar-refractivity contribution in [3.63, 3.8) is 0 Å². The van der Waals surface area contributed by atoms with E-state index < -0.39 is 0 Å². The first-order valence-corrected chi connectivity index (χ1v) is 10.7. The molecule has 1 N–H and O–H groups in total. The second kappa shape index (κ2) is 7.80. The molecule has 0 spiro atoms. The van der Waals surface area contributed by atoms with E-state index in [1.807, 2.05) is 15.8 Å². The molecule has 7 nitrogen and oxygen atoms in total. The zero-order valence-electron chi connectivity index (χ0n) is 15.6. The van der Waals surface area contributed by atoms with Gasteiger partial charge >= 0.3 is 0 Å².